The van der Waals surface area contributed by atoms with Crippen LogP contribution in [0.2, 0.25) is 0 Å². The Morgan fingerprint density at radius 1 is 0.452 bits per heavy atom. The maximum atomic E-state index is 14.7. The molecule has 4 aromatic rings. The van der Waals surface area contributed by atoms with E-state index in [0.29, 0.717) is 11.1 Å². The third-order valence-corrected chi connectivity index (χ3v) is 6.63. The SMILES string of the molecule is O=S(=O)(c1ccc(-c2ccccc2)c(F)c1F)c1ccc(-c2ccccc2)c(F)c1F. The van der Waals surface area contributed by atoms with Crippen molar-refractivity contribution >= 4 is 9.84 Å². The highest BCUT2D eigenvalue weighted by Crippen LogP contribution is 2.34. The summed E-state index contributed by atoms with van der Waals surface area (Å²) in [6, 6.07) is 19.8. The van der Waals surface area contributed by atoms with Gasteiger partial charge in [-0.05, 0) is 35.4 Å². The van der Waals surface area contributed by atoms with E-state index < -0.39 is 42.9 Å². The van der Waals surface area contributed by atoms with Crippen LogP contribution >= 0.6 is 0 Å². The van der Waals surface area contributed by atoms with E-state index in [2.05, 4.69) is 0 Å². The van der Waals surface area contributed by atoms with Crippen molar-refractivity contribution in [3.8, 4) is 22.3 Å². The largest absolute Gasteiger partial charge is 0.218 e. The lowest BCUT2D eigenvalue weighted by Crippen LogP contribution is -2.10. The van der Waals surface area contributed by atoms with Gasteiger partial charge in [0.15, 0.2) is 23.3 Å². The Balaban J connectivity index is 1.83. The van der Waals surface area contributed by atoms with E-state index in [1.54, 1.807) is 36.4 Å². The minimum Gasteiger partial charge on any atom is -0.218 e. The van der Waals surface area contributed by atoms with Gasteiger partial charge in [0, 0.05) is 11.1 Å². The molecule has 0 aliphatic heterocycles. The summed E-state index contributed by atoms with van der Waals surface area (Å²) in [7, 11) is -4.87. The van der Waals surface area contributed by atoms with Gasteiger partial charge in [0.1, 0.15) is 9.79 Å². The van der Waals surface area contributed by atoms with Gasteiger partial charge >= 0.3 is 0 Å². The molecule has 4 aromatic carbocycles. The molecule has 0 spiro atoms. The number of benzene rings is 4. The summed E-state index contributed by atoms with van der Waals surface area (Å²) >= 11 is 0. The summed E-state index contributed by atoms with van der Waals surface area (Å²) in [5.74, 6) is -6.11. The van der Waals surface area contributed by atoms with Gasteiger partial charge in [-0.25, -0.2) is 26.0 Å². The van der Waals surface area contributed by atoms with E-state index in [1.165, 1.54) is 24.3 Å². The van der Waals surface area contributed by atoms with Crippen molar-refractivity contribution in [1.82, 2.24) is 0 Å². The van der Waals surface area contributed by atoms with Crippen LogP contribution in [0, 0.1) is 23.3 Å². The Hall–Kier alpha value is -3.45. The molecule has 0 fully saturated rings. The van der Waals surface area contributed by atoms with Crippen LogP contribution in [0.15, 0.2) is 94.7 Å². The fourth-order valence-electron chi connectivity index (χ4n) is 3.28. The number of rotatable bonds is 4. The van der Waals surface area contributed by atoms with Crippen LogP contribution < -0.4 is 0 Å². The molecule has 0 saturated carbocycles. The summed E-state index contributed by atoms with van der Waals surface area (Å²) in [5, 5.41) is 0. The first-order valence-corrected chi connectivity index (χ1v) is 10.6. The van der Waals surface area contributed by atoms with E-state index >= 15 is 0 Å². The maximum Gasteiger partial charge on any atom is 0.212 e. The first-order chi connectivity index (χ1) is 14.8. The van der Waals surface area contributed by atoms with Crippen LogP contribution in [0.4, 0.5) is 17.6 Å². The van der Waals surface area contributed by atoms with E-state index in [4.69, 9.17) is 0 Å². The van der Waals surface area contributed by atoms with Crippen LogP contribution in [0.1, 0.15) is 0 Å². The second-order valence-electron chi connectivity index (χ2n) is 6.71. The Morgan fingerprint density at radius 2 is 0.806 bits per heavy atom. The molecule has 0 saturated heterocycles. The summed E-state index contributed by atoms with van der Waals surface area (Å²) in [4.78, 5) is -2.15. The molecular formula is C24H14F4O2S. The van der Waals surface area contributed by atoms with E-state index in [0.717, 1.165) is 24.3 Å². The average molecular weight is 442 g/mol. The first-order valence-electron chi connectivity index (χ1n) is 9.14. The van der Waals surface area contributed by atoms with Crippen molar-refractivity contribution in [3.63, 3.8) is 0 Å². The molecule has 2 nitrogen and oxygen atoms in total. The normalized spacial score (nSPS) is 11.5. The molecule has 0 aliphatic rings. The Bertz CT molecular complexity index is 1270. The van der Waals surface area contributed by atoms with Gasteiger partial charge in [0.25, 0.3) is 0 Å². The van der Waals surface area contributed by atoms with Crippen molar-refractivity contribution in [3.05, 3.63) is 108 Å². The Kier molecular flexibility index (Phi) is 5.37. The standard InChI is InChI=1S/C24H14F4O2S/c25-21-17(15-7-3-1-4-8-15)11-13-19(23(21)27)31(29,30)20-14-12-18(22(26)24(20)28)16-9-5-2-6-10-16/h1-14H. The molecule has 0 aromatic heterocycles. The predicted octanol–water partition coefficient (Wildman–Crippen LogP) is 6.41. The van der Waals surface area contributed by atoms with E-state index in [-0.39, 0.29) is 11.1 Å². The summed E-state index contributed by atoms with van der Waals surface area (Å²) < 4.78 is 84.5. The van der Waals surface area contributed by atoms with E-state index in [9.17, 15) is 26.0 Å². The smallest absolute Gasteiger partial charge is 0.212 e. The summed E-state index contributed by atoms with van der Waals surface area (Å²) in [6.45, 7) is 0. The van der Waals surface area contributed by atoms with Gasteiger partial charge in [0.2, 0.25) is 9.84 Å². The number of sulfone groups is 1. The van der Waals surface area contributed by atoms with Crippen molar-refractivity contribution in [2.45, 2.75) is 9.79 Å². The van der Waals surface area contributed by atoms with Gasteiger partial charge < -0.3 is 0 Å². The number of halogens is 4. The topological polar surface area (TPSA) is 34.1 Å². The molecule has 7 heteroatoms. The molecule has 0 bridgehead atoms. The van der Waals surface area contributed by atoms with Crippen molar-refractivity contribution < 1.29 is 26.0 Å². The monoisotopic (exact) mass is 442 g/mol. The Morgan fingerprint density at radius 3 is 1.16 bits per heavy atom. The van der Waals surface area contributed by atoms with E-state index in [1.807, 2.05) is 0 Å². The molecule has 0 heterocycles. The maximum absolute atomic E-state index is 14.7. The Labute approximate surface area is 176 Å². The van der Waals surface area contributed by atoms with Crippen LogP contribution in [0.25, 0.3) is 22.3 Å². The minimum absolute atomic E-state index is 0.150. The van der Waals surface area contributed by atoms with Crippen LogP contribution in [-0.4, -0.2) is 8.42 Å². The molecule has 0 N–H and O–H groups in total. The van der Waals surface area contributed by atoms with Gasteiger partial charge in [-0.1, -0.05) is 60.7 Å². The highest BCUT2D eigenvalue weighted by atomic mass is 32.2. The lowest BCUT2D eigenvalue weighted by Gasteiger charge is -2.12. The fraction of sp³-hybridized carbons (Fsp3) is 0. The molecule has 0 radical (unpaired) electrons. The number of hydrogen-bond acceptors (Lipinski definition) is 2. The summed E-state index contributed by atoms with van der Waals surface area (Å²) in [6.07, 6.45) is 0. The van der Waals surface area contributed by atoms with Crippen molar-refractivity contribution in [1.29, 1.82) is 0 Å². The average Bonchev–Trinajstić information content (AvgIpc) is 2.78. The van der Waals surface area contributed by atoms with Gasteiger partial charge in [-0.15, -0.1) is 0 Å². The highest BCUT2D eigenvalue weighted by Gasteiger charge is 2.30. The third kappa shape index (κ3) is 3.61. The highest BCUT2D eigenvalue weighted by molar-refractivity contribution is 7.91. The number of hydrogen-bond donors (Lipinski definition) is 0. The molecule has 156 valence electrons. The summed E-state index contributed by atoms with van der Waals surface area (Å²) in [5.41, 5.74) is 0.380. The second kappa shape index (κ2) is 8.00. The second-order valence-corrected chi connectivity index (χ2v) is 8.60. The zero-order valence-corrected chi connectivity index (χ0v) is 16.6. The molecule has 4 rings (SSSR count). The van der Waals surface area contributed by atoms with Gasteiger partial charge in [0.05, 0.1) is 0 Å². The molecule has 0 amide bonds. The van der Waals surface area contributed by atoms with Crippen LogP contribution in [0.3, 0.4) is 0 Å². The molecule has 0 atom stereocenters. The molecular weight excluding hydrogens is 428 g/mol. The fourth-order valence-corrected chi connectivity index (χ4v) is 4.66. The van der Waals surface area contributed by atoms with Crippen molar-refractivity contribution in [2.24, 2.45) is 0 Å². The predicted molar refractivity (Wildman–Crippen MR) is 109 cm³/mol. The van der Waals surface area contributed by atoms with Gasteiger partial charge in [-0.3, -0.25) is 0 Å². The zero-order chi connectivity index (χ0) is 22.2. The third-order valence-electron chi connectivity index (χ3n) is 4.84. The molecule has 0 unspecified atom stereocenters. The van der Waals surface area contributed by atoms with Crippen LogP contribution in [-0.2, 0) is 9.84 Å². The van der Waals surface area contributed by atoms with Gasteiger partial charge in [-0.2, -0.15) is 0 Å². The molecule has 31 heavy (non-hydrogen) atoms. The lowest BCUT2D eigenvalue weighted by molar-refractivity contribution is 0.477. The molecule has 0 aliphatic carbocycles. The van der Waals surface area contributed by atoms with Crippen LogP contribution in [0.5, 0.6) is 0 Å². The zero-order valence-electron chi connectivity index (χ0n) is 15.8. The quantitative estimate of drug-likeness (QED) is 0.342. The van der Waals surface area contributed by atoms with Crippen molar-refractivity contribution in [2.75, 3.05) is 0 Å². The minimum atomic E-state index is -4.87. The lowest BCUT2D eigenvalue weighted by atomic mass is 10.1. The first kappa shape index (κ1) is 20.8.